The second kappa shape index (κ2) is 7.83. The topological polar surface area (TPSA) is 45.3 Å². The summed E-state index contributed by atoms with van der Waals surface area (Å²) in [5, 5.41) is 0. The minimum Gasteiger partial charge on any atom is -0.369 e. The quantitative estimate of drug-likeness (QED) is 0.730. The molecule has 0 radical (unpaired) electrons. The van der Waals surface area contributed by atoms with Crippen molar-refractivity contribution in [2.75, 3.05) is 55.9 Å². The van der Waals surface area contributed by atoms with Gasteiger partial charge in [-0.15, -0.1) is 0 Å². The molecule has 30 heavy (non-hydrogen) atoms. The van der Waals surface area contributed by atoms with E-state index in [-0.39, 0.29) is 11.7 Å². The fraction of sp³-hybridized carbons (Fsp3) is 0.348. The summed E-state index contributed by atoms with van der Waals surface area (Å²) in [4.78, 5) is 19.7. The van der Waals surface area contributed by atoms with Crippen molar-refractivity contribution in [2.24, 2.45) is 0 Å². The number of ether oxygens (including phenoxy) is 2. The summed E-state index contributed by atoms with van der Waals surface area (Å²) < 4.78 is 25.1. The average molecular weight is 409 g/mol. The van der Waals surface area contributed by atoms with Crippen LogP contribution in [0, 0.1) is 5.82 Å². The second-order valence-corrected chi connectivity index (χ2v) is 7.68. The number of hydrogen-bond acceptors (Lipinski definition) is 5. The predicted molar refractivity (Wildman–Crippen MR) is 112 cm³/mol. The Balaban J connectivity index is 1.31. The highest BCUT2D eigenvalue weighted by Crippen LogP contribution is 2.44. The third-order valence-corrected chi connectivity index (χ3v) is 5.91. The average Bonchev–Trinajstić information content (AvgIpc) is 2.94. The zero-order valence-corrected chi connectivity index (χ0v) is 16.7. The van der Waals surface area contributed by atoms with E-state index >= 15 is 0 Å². The molecule has 2 aromatic carbocycles. The van der Waals surface area contributed by atoms with Crippen LogP contribution in [-0.2, 0) is 20.1 Å². The molecule has 0 saturated carbocycles. The standard InChI is InChI=1S/C23H24FN3O3/c24-18-7-9-19(10-8-18)26-13-11-25(12-14-26)17-27-21-6-2-1-5-20(21)23(22(27)28)29-15-3-4-16-30-23/h1-10H,11-17H2. The summed E-state index contributed by atoms with van der Waals surface area (Å²) in [6.07, 6.45) is 3.75. The van der Waals surface area contributed by atoms with Crippen LogP contribution in [-0.4, -0.2) is 56.9 Å². The van der Waals surface area contributed by atoms with Crippen LogP contribution in [0.15, 0.2) is 60.7 Å². The van der Waals surface area contributed by atoms with Crippen LogP contribution in [0.4, 0.5) is 15.8 Å². The van der Waals surface area contributed by atoms with E-state index in [2.05, 4.69) is 9.80 Å². The fourth-order valence-electron chi connectivity index (χ4n) is 4.32. The predicted octanol–water partition coefficient (Wildman–Crippen LogP) is 2.71. The van der Waals surface area contributed by atoms with Gasteiger partial charge in [-0.1, -0.05) is 30.4 Å². The van der Waals surface area contributed by atoms with Gasteiger partial charge in [-0.3, -0.25) is 14.6 Å². The van der Waals surface area contributed by atoms with E-state index < -0.39 is 5.79 Å². The fourth-order valence-corrected chi connectivity index (χ4v) is 4.32. The zero-order valence-electron chi connectivity index (χ0n) is 16.7. The molecule has 1 saturated heterocycles. The summed E-state index contributed by atoms with van der Waals surface area (Å²) in [5.41, 5.74) is 2.62. The third kappa shape index (κ3) is 3.29. The first-order chi connectivity index (χ1) is 14.7. The molecule has 6 nitrogen and oxygen atoms in total. The van der Waals surface area contributed by atoms with E-state index in [0.29, 0.717) is 19.9 Å². The smallest absolute Gasteiger partial charge is 0.293 e. The molecule has 0 atom stereocenters. The molecular formula is C23H24FN3O3. The molecule has 0 unspecified atom stereocenters. The van der Waals surface area contributed by atoms with Gasteiger partial charge in [0.05, 0.1) is 25.6 Å². The second-order valence-electron chi connectivity index (χ2n) is 7.68. The van der Waals surface area contributed by atoms with Gasteiger partial charge in [0.1, 0.15) is 5.82 Å². The Morgan fingerprint density at radius 1 is 0.900 bits per heavy atom. The Morgan fingerprint density at radius 2 is 1.57 bits per heavy atom. The molecule has 3 aliphatic rings. The molecule has 0 aromatic heterocycles. The van der Waals surface area contributed by atoms with Crippen molar-refractivity contribution in [3.05, 3.63) is 72.1 Å². The number of halogens is 1. The Labute approximate surface area is 175 Å². The van der Waals surface area contributed by atoms with Crippen LogP contribution in [0.5, 0.6) is 0 Å². The SMILES string of the molecule is O=C1N(CN2CCN(c3ccc(F)cc3)CC2)c2ccccc2C12OCC=CCO2. The highest BCUT2D eigenvalue weighted by molar-refractivity contribution is 6.06. The molecule has 2 aromatic rings. The minimum atomic E-state index is -1.37. The van der Waals surface area contributed by atoms with Crippen molar-refractivity contribution >= 4 is 17.3 Å². The minimum absolute atomic E-state index is 0.173. The number of carbonyl (C=O) groups is 1. The first-order valence-corrected chi connectivity index (χ1v) is 10.2. The first-order valence-electron chi connectivity index (χ1n) is 10.2. The summed E-state index contributed by atoms with van der Waals surface area (Å²) in [7, 11) is 0. The maximum atomic E-state index is 13.5. The van der Waals surface area contributed by atoms with Gasteiger partial charge in [-0.05, 0) is 30.3 Å². The number of anilines is 2. The van der Waals surface area contributed by atoms with Crippen LogP contribution >= 0.6 is 0 Å². The molecule has 1 fully saturated rings. The van der Waals surface area contributed by atoms with Crippen molar-refractivity contribution in [1.29, 1.82) is 0 Å². The Kier molecular flexibility index (Phi) is 5.02. The number of nitrogens with zero attached hydrogens (tertiary/aromatic N) is 3. The number of rotatable bonds is 3. The molecule has 5 rings (SSSR count). The van der Waals surface area contributed by atoms with Crippen molar-refractivity contribution in [1.82, 2.24) is 4.90 Å². The normalized spacial score (nSPS) is 21.2. The Hall–Kier alpha value is -2.74. The van der Waals surface area contributed by atoms with Gasteiger partial charge in [0.15, 0.2) is 0 Å². The number of piperazine rings is 1. The third-order valence-electron chi connectivity index (χ3n) is 5.91. The van der Waals surface area contributed by atoms with Gasteiger partial charge >= 0.3 is 0 Å². The first kappa shape index (κ1) is 19.2. The lowest BCUT2D eigenvalue weighted by Crippen LogP contribution is -2.53. The summed E-state index contributed by atoms with van der Waals surface area (Å²) in [6, 6.07) is 14.3. The van der Waals surface area contributed by atoms with Crippen LogP contribution < -0.4 is 9.80 Å². The number of fused-ring (bicyclic) bond motifs is 2. The van der Waals surface area contributed by atoms with Crippen molar-refractivity contribution < 1.29 is 18.7 Å². The molecule has 3 aliphatic heterocycles. The van der Waals surface area contributed by atoms with Gasteiger partial charge in [0.2, 0.25) is 0 Å². The van der Waals surface area contributed by atoms with Crippen LogP contribution in [0.1, 0.15) is 5.56 Å². The highest BCUT2D eigenvalue weighted by atomic mass is 19.1. The number of benzene rings is 2. The van der Waals surface area contributed by atoms with Crippen LogP contribution in [0.25, 0.3) is 0 Å². The van der Waals surface area contributed by atoms with E-state index in [9.17, 15) is 9.18 Å². The number of hydrogen-bond donors (Lipinski definition) is 0. The maximum Gasteiger partial charge on any atom is 0.293 e. The lowest BCUT2D eigenvalue weighted by atomic mass is 10.1. The van der Waals surface area contributed by atoms with Crippen LogP contribution in [0.2, 0.25) is 0 Å². The van der Waals surface area contributed by atoms with E-state index in [1.54, 1.807) is 4.90 Å². The summed E-state index contributed by atoms with van der Waals surface area (Å²) in [6.45, 7) is 4.40. The lowest BCUT2D eigenvalue weighted by molar-refractivity contribution is -0.220. The zero-order chi connectivity index (χ0) is 20.6. The number of carbonyl (C=O) groups excluding carboxylic acids is 1. The Morgan fingerprint density at radius 3 is 2.27 bits per heavy atom. The molecule has 0 N–H and O–H groups in total. The van der Waals surface area contributed by atoms with Gasteiger partial charge < -0.3 is 14.4 Å². The monoisotopic (exact) mass is 409 g/mol. The number of amides is 1. The van der Waals surface area contributed by atoms with Gasteiger partial charge in [0.25, 0.3) is 11.7 Å². The van der Waals surface area contributed by atoms with Crippen molar-refractivity contribution in [3.63, 3.8) is 0 Å². The molecule has 1 amide bonds. The van der Waals surface area contributed by atoms with E-state index in [4.69, 9.17) is 9.47 Å². The van der Waals surface area contributed by atoms with E-state index in [1.165, 1.54) is 12.1 Å². The van der Waals surface area contributed by atoms with Gasteiger partial charge in [0, 0.05) is 37.4 Å². The molecule has 1 spiro atoms. The lowest BCUT2D eigenvalue weighted by Gasteiger charge is -2.38. The van der Waals surface area contributed by atoms with Gasteiger partial charge in [-0.2, -0.15) is 0 Å². The Bertz CT molecular complexity index is 944. The molecular weight excluding hydrogens is 385 g/mol. The molecule has 3 heterocycles. The van der Waals surface area contributed by atoms with Crippen LogP contribution in [0.3, 0.4) is 0 Å². The maximum absolute atomic E-state index is 13.5. The molecule has 0 bridgehead atoms. The van der Waals surface area contributed by atoms with Crippen molar-refractivity contribution in [3.8, 4) is 0 Å². The highest BCUT2D eigenvalue weighted by Gasteiger charge is 2.54. The number of para-hydroxylation sites is 1. The van der Waals surface area contributed by atoms with Crippen molar-refractivity contribution in [2.45, 2.75) is 5.79 Å². The van der Waals surface area contributed by atoms with Gasteiger partial charge in [-0.25, -0.2) is 4.39 Å². The summed E-state index contributed by atoms with van der Waals surface area (Å²) >= 11 is 0. The van der Waals surface area contributed by atoms with E-state index in [1.807, 2.05) is 48.6 Å². The summed E-state index contributed by atoms with van der Waals surface area (Å²) in [5.74, 6) is -1.76. The van der Waals surface area contributed by atoms with E-state index in [0.717, 1.165) is 43.1 Å². The molecule has 0 aliphatic carbocycles. The molecule has 156 valence electrons. The largest absolute Gasteiger partial charge is 0.369 e. The molecule has 7 heteroatoms.